The standard InChI is InChI=1S/C19H26FN5O2/c1-9-6-23(7-13(9)11(3)21)16-10(2)17-15(12-4-5-12)18(26)25(22)19(27)24(17)8-14(16)20/h8-9,11-13H,4-7,21-22H2,1-3H3. The molecule has 3 atom stereocenters. The van der Waals surface area contributed by atoms with Crippen molar-refractivity contribution in [1.82, 2.24) is 9.08 Å². The summed E-state index contributed by atoms with van der Waals surface area (Å²) in [6, 6.07) is 0.0166. The molecule has 3 unspecified atom stereocenters. The molecule has 1 saturated carbocycles. The predicted molar refractivity (Wildman–Crippen MR) is 103 cm³/mol. The summed E-state index contributed by atoms with van der Waals surface area (Å²) in [5.74, 6) is 5.86. The summed E-state index contributed by atoms with van der Waals surface area (Å²) in [5.41, 5.74) is 6.99. The largest absolute Gasteiger partial charge is 0.368 e. The molecular weight excluding hydrogens is 349 g/mol. The molecule has 8 heteroatoms. The number of hydrogen-bond donors (Lipinski definition) is 2. The van der Waals surface area contributed by atoms with Gasteiger partial charge in [0.1, 0.15) is 0 Å². The Morgan fingerprint density at radius 3 is 2.48 bits per heavy atom. The van der Waals surface area contributed by atoms with Crippen molar-refractivity contribution in [3.63, 3.8) is 0 Å². The fourth-order valence-electron chi connectivity index (χ4n) is 4.61. The van der Waals surface area contributed by atoms with Gasteiger partial charge in [0.15, 0.2) is 5.82 Å². The molecule has 146 valence electrons. The minimum Gasteiger partial charge on any atom is -0.368 e. The summed E-state index contributed by atoms with van der Waals surface area (Å²) in [4.78, 5) is 27.1. The third-order valence-corrected chi connectivity index (χ3v) is 6.18. The molecule has 1 aliphatic heterocycles. The summed E-state index contributed by atoms with van der Waals surface area (Å²) in [7, 11) is 0. The summed E-state index contributed by atoms with van der Waals surface area (Å²) in [6.07, 6.45) is 2.92. The van der Waals surface area contributed by atoms with Crippen LogP contribution in [0.4, 0.5) is 10.1 Å². The number of fused-ring (bicyclic) bond motifs is 1. The molecule has 27 heavy (non-hydrogen) atoms. The first-order chi connectivity index (χ1) is 12.7. The van der Waals surface area contributed by atoms with Gasteiger partial charge >= 0.3 is 5.69 Å². The Labute approximate surface area is 156 Å². The van der Waals surface area contributed by atoms with E-state index in [1.165, 1.54) is 10.6 Å². The van der Waals surface area contributed by atoms with Crippen molar-refractivity contribution < 1.29 is 4.39 Å². The number of nitrogen functional groups attached to an aromatic ring is 1. The molecule has 0 bridgehead atoms. The second-order valence-corrected chi connectivity index (χ2v) is 8.22. The first kappa shape index (κ1) is 18.0. The lowest BCUT2D eigenvalue weighted by molar-refractivity contribution is 0.390. The maximum atomic E-state index is 15.1. The SMILES string of the molecule is Cc1c(N2CC(C)C(C(C)N)C2)c(F)cn2c(=O)n(N)c(=O)c(C3CC3)c12. The van der Waals surface area contributed by atoms with E-state index < -0.39 is 17.1 Å². The van der Waals surface area contributed by atoms with Crippen molar-refractivity contribution >= 4 is 11.2 Å². The molecule has 0 radical (unpaired) electrons. The van der Waals surface area contributed by atoms with Crippen LogP contribution >= 0.6 is 0 Å². The van der Waals surface area contributed by atoms with Gasteiger partial charge < -0.3 is 16.5 Å². The van der Waals surface area contributed by atoms with E-state index in [1.807, 2.05) is 11.8 Å². The van der Waals surface area contributed by atoms with Crippen molar-refractivity contribution in [1.29, 1.82) is 0 Å². The molecule has 2 aromatic heterocycles. The van der Waals surface area contributed by atoms with E-state index in [9.17, 15) is 9.59 Å². The molecule has 2 aliphatic rings. The average Bonchev–Trinajstić information content (AvgIpc) is 3.36. The van der Waals surface area contributed by atoms with Crippen molar-refractivity contribution in [2.45, 2.75) is 45.6 Å². The monoisotopic (exact) mass is 375 g/mol. The number of anilines is 1. The van der Waals surface area contributed by atoms with Crippen LogP contribution in [0, 0.1) is 24.6 Å². The second-order valence-electron chi connectivity index (χ2n) is 8.22. The first-order valence-corrected chi connectivity index (χ1v) is 9.48. The first-order valence-electron chi connectivity index (χ1n) is 9.48. The molecule has 0 aromatic carbocycles. The van der Waals surface area contributed by atoms with Gasteiger partial charge in [0.25, 0.3) is 5.56 Å². The van der Waals surface area contributed by atoms with E-state index >= 15 is 4.39 Å². The lowest BCUT2D eigenvalue weighted by atomic mass is 9.92. The molecule has 7 nitrogen and oxygen atoms in total. The average molecular weight is 375 g/mol. The number of nitrogens with zero attached hydrogens (tertiary/aromatic N) is 3. The molecule has 0 amide bonds. The van der Waals surface area contributed by atoms with E-state index in [-0.39, 0.29) is 17.9 Å². The van der Waals surface area contributed by atoms with E-state index in [2.05, 4.69) is 6.92 Å². The van der Waals surface area contributed by atoms with Crippen LogP contribution in [0.1, 0.15) is 43.7 Å². The fourth-order valence-corrected chi connectivity index (χ4v) is 4.61. The molecular formula is C19H26FN5O2. The fraction of sp³-hybridized carbons (Fsp3) is 0.579. The summed E-state index contributed by atoms with van der Waals surface area (Å²) < 4.78 is 16.9. The minimum atomic E-state index is -0.726. The lowest BCUT2D eigenvalue weighted by Gasteiger charge is -2.24. The Morgan fingerprint density at radius 2 is 1.93 bits per heavy atom. The van der Waals surface area contributed by atoms with Crippen molar-refractivity contribution in [3.05, 3.63) is 44.0 Å². The molecule has 4 rings (SSSR count). The highest BCUT2D eigenvalue weighted by molar-refractivity contribution is 5.72. The number of pyridine rings is 1. The van der Waals surface area contributed by atoms with Crippen LogP contribution < -0.4 is 27.7 Å². The van der Waals surface area contributed by atoms with Crippen molar-refractivity contribution in [3.8, 4) is 0 Å². The highest BCUT2D eigenvalue weighted by Gasteiger charge is 2.36. The molecule has 4 N–H and O–H groups in total. The number of rotatable bonds is 3. The summed E-state index contributed by atoms with van der Waals surface area (Å²) >= 11 is 0. The topological polar surface area (TPSA) is 98.8 Å². The van der Waals surface area contributed by atoms with Crippen molar-refractivity contribution in [2.75, 3.05) is 23.8 Å². The van der Waals surface area contributed by atoms with Gasteiger partial charge in [0.2, 0.25) is 0 Å². The van der Waals surface area contributed by atoms with E-state index in [1.54, 1.807) is 6.92 Å². The van der Waals surface area contributed by atoms with Crippen LogP contribution in [0.5, 0.6) is 0 Å². The summed E-state index contributed by atoms with van der Waals surface area (Å²) in [6.45, 7) is 7.22. The lowest BCUT2D eigenvalue weighted by Crippen LogP contribution is -2.44. The van der Waals surface area contributed by atoms with Crippen molar-refractivity contribution in [2.24, 2.45) is 17.6 Å². The number of aromatic nitrogens is 2. The zero-order chi connectivity index (χ0) is 19.6. The second kappa shape index (κ2) is 6.09. The Bertz CT molecular complexity index is 1040. The highest BCUT2D eigenvalue weighted by atomic mass is 19.1. The number of nitrogens with two attached hydrogens (primary N) is 2. The van der Waals surface area contributed by atoms with E-state index in [0.29, 0.717) is 46.0 Å². The van der Waals surface area contributed by atoms with Gasteiger partial charge in [-0.2, -0.15) is 4.68 Å². The molecule has 2 fully saturated rings. The normalized spacial score (nSPS) is 24.0. The minimum absolute atomic E-state index is 0.0166. The van der Waals surface area contributed by atoms with Gasteiger partial charge in [-0.3, -0.25) is 9.20 Å². The van der Waals surface area contributed by atoms with Crippen LogP contribution in [-0.4, -0.2) is 28.2 Å². The molecule has 2 aromatic rings. The van der Waals surface area contributed by atoms with Gasteiger partial charge in [-0.15, -0.1) is 0 Å². The van der Waals surface area contributed by atoms with Crippen LogP contribution in [-0.2, 0) is 0 Å². The zero-order valence-corrected chi connectivity index (χ0v) is 15.9. The van der Waals surface area contributed by atoms with Gasteiger partial charge in [-0.1, -0.05) is 6.92 Å². The van der Waals surface area contributed by atoms with E-state index in [4.69, 9.17) is 11.6 Å². The zero-order valence-electron chi connectivity index (χ0n) is 15.9. The number of halogens is 1. The van der Waals surface area contributed by atoms with E-state index in [0.717, 1.165) is 12.8 Å². The molecule has 1 aliphatic carbocycles. The Balaban J connectivity index is 1.97. The highest BCUT2D eigenvalue weighted by Crippen LogP contribution is 2.42. The third kappa shape index (κ3) is 2.65. The Kier molecular flexibility index (Phi) is 4.06. The maximum absolute atomic E-state index is 15.1. The smallest absolute Gasteiger partial charge is 0.354 e. The quantitative estimate of drug-likeness (QED) is 0.778. The van der Waals surface area contributed by atoms with Crippen LogP contribution in [0.3, 0.4) is 0 Å². The molecule has 0 spiro atoms. The van der Waals surface area contributed by atoms with Crippen LogP contribution in [0.25, 0.3) is 5.52 Å². The van der Waals surface area contributed by atoms with Crippen LogP contribution in [0.15, 0.2) is 15.8 Å². The van der Waals surface area contributed by atoms with Gasteiger partial charge in [-0.25, -0.2) is 9.18 Å². The maximum Gasteiger partial charge on any atom is 0.354 e. The Hall–Kier alpha value is -2.35. The Morgan fingerprint density at radius 1 is 1.26 bits per heavy atom. The van der Waals surface area contributed by atoms with Gasteiger partial charge in [0, 0.05) is 30.3 Å². The van der Waals surface area contributed by atoms with Crippen LogP contribution in [0.2, 0.25) is 0 Å². The number of aryl methyl sites for hydroxylation is 1. The third-order valence-electron chi connectivity index (χ3n) is 6.18. The van der Waals surface area contributed by atoms with Gasteiger partial charge in [-0.05, 0) is 44.4 Å². The molecule has 1 saturated heterocycles. The van der Waals surface area contributed by atoms with Gasteiger partial charge in [0.05, 0.1) is 17.4 Å². The predicted octanol–water partition coefficient (Wildman–Crippen LogP) is 0.919. The molecule has 3 heterocycles. The summed E-state index contributed by atoms with van der Waals surface area (Å²) in [5, 5.41) is 0. The number of hydrogen-bond acceptors (Lipinski definition) is 5.